The van der Waals surface area contributed by atoms with Crippen LogP contribution in [0.15, 0.2) is 269 Å². The zero-order chi connectivity index (χ0) is 45.2. The van der Waals surface area contributed by atoms with Gasteiger partial charge in [0.2, 0.25) is 0 Å². The van der Waals surface area contributed by atoms with Gasteiger partial charge in [0.25, 0.3) is 0 Å². The number of hydrogen-bond acceptors (Lipinski definition) is 5. The molecule has 0 radical (unpaired) electrons. The zero-order valence-electron chi connectivity index (χ0n) is 37.1. The lowest BCUT2D eigenvalue weighted by atomic mass is 9.96. The van der Waals surface area contributed by atoms with E-state index in [9.17, 15) is 0 Å². The molecular formula is C63H44N4O. The van der Waals surface area contributed by atoms with E-state index in [0.717, 1.165) is 83.8 Å². The minimum absolute atomic E-state index is 0.364. The molecule has 0 amide bonds. The SMILES string of the molecule is c1ccc(C2=NC(c3ccccc3-c3ccccc3)NC(c3cccc(-c4cccc5oc6cc(N(c7ccc(-c8ccccc8)cc7)c7ccc(-c8ccccc8)cc7)ccc6c45)c3)=N2)cc1. The van der Waals surface area contributed by atoms with Gasteiger partial charge in [-0.1, -0.05) is 200 Å². The molecule has 5 nitrogen and oxygen atoms in total. The van der Waals surface area contributed by atoms with Crippen LogP contribution < -0.4 is 10.2 Å². The molecule has 1 unspecified atom stereocenters. The molecule has 12 rings (SSSR count). The number of furan rings is 1. The fourth-order valence-corrected chi connectivity index (χ4v) is 9.43. The molecule has 10 aromatic carbocycles. The maximum absolute atomic E-state index is 6.77. The molecule has 0 saturated heterocycles. The molecule has 0 saturated carbocycles. The summed E-state index contributed by atoms with van der Waals surface area (Å²) >= 11 is 0. The number of hydrogen-bond donors (Lipinski definition) is 1. The Kier molecular flexibility index (Phi) is 10.5. The van der Waals surface area contributed by atoms with Gasteiger partial charge in [0, 0.05) is 50.6 Å². The van der Waals surface area contributed by atoms with E-state index in [-0.39, 0.29) is 6.17 Å². The lowest BCUT2D eigenvalue weighted by molar-refractivity contribution is 0.669. The third-order valence-corrected chi connectivity index (χ3v) is 12.8. The molecule has 2 heterocycles. The van der Waals surface area contributed by atoms with Gasteiger partial charge in [-0.2, -0.15) is 0 Å². The van der Waals surface area contributed by atoms with Crippen LogP contribution in [0.2, 0.25) is 0 Å². The van der Waals surface area contributed by atoms with Gasteiger partial charge in [-0.15, -0.1) is 0 Å². The lowest BCUT2D eigenvalue weighted by Crippen LogP contribution is -2.33. The summed E-state index contributed by atoms with van der Waals surface area (Å²) in [5.74, 6) is 1.45. The summed E-state index contributed by atoms with van der Waals surface area (Å²) in [4.78, 5) is 12.7. The number of nitrogens with zero attached hydrogens (tertiary/aromatic N) is 3. The Morgan fingerprint density at radius 2 is 0.868 bits per heavy atom. The van der Waals surface area contributed by atoms with Crippen molar-refractivity contribution in [3.8, 4) is 44.5 Å². The highest BCUT2D eigenvalue weighted by Gasteiger charge is 2.24. The molecule has 0 spiro atoms. The average molecular weight is 873 g/mol. The Labute approximate surface area is 395 Å². The van der Waals surface area contributed by atoms with E-state index >= 15 is 0 Å². The Morgan fingerprint density at radius 3 is 1.51 bits per heavy atom. The van der Waals surface area contributed by atoms with E-state index in [0.29, 0.717) is 5.84 Å². The molecular weight excluding hydrogens is 829 g/mol. The van der Waals surface area contributed by atoms with Crippen LogP contribution in [-0.2, 0) is 0 Å². The Balaban J connectivity index is 0.923. The predicted molar refractivity (Wildman–Crippen MR) is 282 cm³/mol. The number of benzene rings is 10. The van der Waals surface area contributed by atoms with E-state index in [1.54, 1.807) is 0 Å². The van der Waals surface area contributed by atoms with Gasteiger partial charge in [0.15, 0.2) is 5.84 Å². The van der Waals surface area contributed by atoms with Gasteiger partial charge in [-0.25, -0.2) is 9.98 Å². The van der Waals surface area contributed by atoms with Crippen molar-refractivity contribution < 1.29 is 4.42 Å². The maximum atomic E-state index is 6.77. The van der Waals surface area contributed by atoms with Gasteiger partial charge in [0.1, 0.15) is 23.2 Å². The van der Waals surface area contributed by atoms with E-state index in [1.165, 1.54) is 22.3 Å². The fraction of sp³-hybridized carbons (Fsp3) is 0.0159. The summed E-state index contributed by atoms with van der Waals surface area (Å²) in [6.07, 6.45) is -0.364. The molecule has 322 valence electrons. The minimum Gasteiger partial charge on any atom is -0.456 e. The highest BCUT2D eigenvalue weighted by atomic mass is 16.3. The first-order valence-corrected chi connectivity index (χ1v) is 23.0. The largest absolute Gasteiger partial charge is 0.456 e. The predicted octanol–water partition coefficient (Wildman–Crippen LogP) is 16.2. The number of fused-ring (bicyclic) bond motifs is 3. The van der Waals surface area contributed by atoms with Gasteiger partial charge in [0.05, 0.1) is 0 Å². The Morgan fingerprint density at radius 1 is 0.368 bits per heavy atom. The lowest BCUT2D eigenvalue weighted by Gasteiger charge is -2.26. The van der Waals surface area contributed by atoms with Crippen molar-refractivity contribution in [1.82, 2.24) is 5.32 Å². The fourth-order valence-electron chi connectivity index (χ4n) is 9.43. The van der Waals surface area contributed by atoms with Crippen LogP contribution >= 0.6 is 0 Å². The van der Waals surface area contributed by atoms with Crippen molar-refractivity contribution in [2.24, 2.45) is 9.98 Å². The summed E-state index contributed by atoms with van der Waals surface area (Å²) in [5, 5.41) is 5.86. The first-order chi connectivity index (χ1) is 33.7. The van der Waals surface area contributed by atoms with E-state index in [2.05, 4.69) is 241 Å². The first-order valence-electron chi connectivity index (χ1n) is 23.0. The van der Waals surface area contributed by atoms with Crippen molar-refractivity contribution in [1.29, 1.82) is 0 Å². The highest BCUT2D eigenvalue weighted by molar-refractivity contribution is 6.15. The summed E-state index contributed by atoms with van der Waals surface area (Å²) < 4.78 is 6.77. The highest BCUT2D eigenvalue weighted by Crippen LogP contribution is 2.42. The number of aliphatic imine (C=N–C) groups is 2. The summed E-state index contributed by atoms with van der Waals surface area (Å²) in [7, 11) is 0. The molecule has 1 aromatic heterocycles. The van der Waals surface area contributed by atoms with Crippen molar-refractivity contribution >= 4 is 50.7 Å². The second kappa shape index (κ2) is 17.7. The van der Waals surface area contributed by atoms with Crippen molar-refractivity contribution in [2.75, 3.05) is 4.90 Å². The summed E-state index contributed by atoms with van der Waals surface area (Å²) in [5.41, 5.74) is 16.9. The van der Waals surface area contributed by atoms with Crippen LogP contribution in [0.25, 0.3) is 66.4 Å². The monoisotopic (exact) mass is 872 g/mol. The maximum Gasteiger partial charge on any atom is 0.159 e. The van der Waals surface area contributed by atoms with Crippen molar-refractivity contribution in [3.05, 3.63) is 271 Å². The molecule has 0 bridgehead atoms. The van der Waals surface area contributed by atoms with E-state index in [4.69, 9.17) is 14.4 Å². The molecule has 5 heteroatoms. The van der Waals surface area contributed by atoms with Crippen LogP contribution in [0.4, 0.5) is 17.1 Å². The molecule has 0 aliphatic carbocycles. The van der Waals surface area contributed by atoms with Crippen LogP contribution in [0.1, 0.15) is 22.9 Å². The molecule has 11 aromatic rings. The molecule has 1 aliphatic rings. The zero-order valence-corrected chi connectivity index (χ0v) is 37.1. The summed E-state index contributed by atoms with van der Waals surface area (Å²) in [6, 6.07) is 89.4. The topological polar surface area (TPSA) is 53.1 Å². The van der Waals surface area contributed by atoms with Gasteiger partial charge in [-0.3, -0.25) is 0 Å². The van der Waals surface area contributed by atoms with E-state index < -0.39 is 0 Å². The van der Waals surface area contributed by atoms with Crippen LogP contribution in [0.3, 0.4) is 0 Å². The number of rotatable bonds is 10. The minimum atomic E-state index is -0.364. The third-order valence-electron chi connectivity index (χ3n) is 12.8. The van der Waals surface area contributed by atoms with Crippen molar-refractivity contribution in [3.63, 3.8) is 0 Å². The normalized spacial score (nSPS) is 13.4. The number of anilines is 3. The second-order valence-corrected chi connectivity index (χ2v) is 17.0. The Hall–Kier alpha value is -9.06. The first kappa shape index (κ1) is 40.4. The molecule has 1 atom stereocenters. The smallest absolute Gasteiger partial charge is 0.159 e. The van der Waals surface area contributed by atoms with Crippen LogP contribution in [-0.4, -0.2) is 11.7 Å². The second-order valence-electron chi connectivity index (χ2n) is 17.0. The number of amidine groups is 2. The van der Waals surface area contributed by atoms with Gasteiger partial charge >= 0.3 is 0 Å². The third kappa shape index (κ3) is 7.82. The molecule has 1 N–H and O–H groups in total. The van der Waals surface area contributed by atoms with E-state index in [1.807, 2.05) is 24.3 Å². The standard InChI is InChI=1S/C63H44N4O/c1-5-17-43(18-6-1)45-31-35-51(36-32-45)67(52-37-33-46(34-38-52)44-19-7-2-8-20-44)53-39-40-57-59(42-53)68-58-30-16-29-55(60(57)58)49-25-15-26-50(41-49)62-64-61(48-23-11-4-12-24-48)65-63(66-62)56-28-14-13-27-54(56)47-21-9-3-10-22-47/h1-42,63H,(H,64,65,66). The summed E-state index contributed by atoms with van der Waals surface area (Å²) in [6.45, 7) is 0. The average Bonchev–Trinajstić information content (AvgIpc) is 3.81. The van der Waals surface area contributed by atoms with Crippen molar-refractivity contribution in [2.45, 2.75) is 6.17 Å². The quantitative estimate of drug-likeness (QED) is 0.149. The van der Waals surface area contributed by atoms with Gasteiger partial charge < -0.3 is 14.6 Å². The van der Waals surface area contributed by atoms with Gasteiger partial charge in [-0.05, 0) is 93.0 Å². The molecule has 0 fully saturated rings. The Bertz CT molecular complexity index is 3540. The molecule has 68 heavy (non-hydrogen) atoms. The van der Waals surface area contributed by atoms with Crippen LogP contribution in [0, 0.1) is 0 Å². The van der Waals surface area contributed by atoms with Crippen LogP contribution in [0.5, 0.6) is 0 Å². The molecule has 1 aliphatic heterocycles. The number of nitrogens with one attached hydrogen (secondary N) is 1.